The second kappa shape index (κ2) is 7.99. The molecule has 0 amide bonds. The molecule has 2 heterocycles. The first kappa shape index (κ1) is 19.4. The molecule has 2 rings (SSSR count). The van der Waals surface area contributed by atoms with Crippen molar-refractivity contribution in [2.24, 2.45) is 0 Å². The largest absolute Gasteiger partial charge is 0.473 e. The summed E-state index contributed by atoms with van der Waals surface area (Å²) in [5.41, 5.74) is -0.0617. The van der Waals surface area contributed by atoms with Gasteiger partial charge in [0.15, 0.2) is 19.6 Å². The van der Waals surface area contributed by atoms with Crippen LogP contribution in [0, 0.1) is 0 Å². The van der Waals surface area contributed by atoms with Crippen molar-refractivity contribution in [1.29, 1.82) is 0 Å². The Balaban J connectivity index is 1.86. The third-order valence-electron chi connectivity index (χ3n) is 4.21. The topological polar surface area (TPSA) is 51.3 Å². The number of allylic oxidation sites excluding steroid dienone is 2. The average molecular weight is 384 g/mol. The van der Waals surface area contributed by atoms with E-state index in [1.165, 1.54) is 17.0 Å². The van der Waals surface area contributed by atoms with Crippen LogP contribution in [0.1, 0.15) is 20.8 Å². The van der Waals surface area contributed by atoms with Gasteiger partial charge in [0.25, 0.3) is 0 Å². The van der Waals surface area contributed by atoms with Crippen molar-refractivity contribution < 1.29 is 9.16 Å². The molecule has 132 valence electrons. The van der Waals surface area contributed by atoms with Crippen LogP contribution in [0.3, 0.4) is 0 Å². The predicted octanol–water partition coefficient (Wildman–Crippen LogP) is 4.94. The Labute approximate surface area is 152 Å². The van der Waals surface area contributed by atoms with Crippen molar-refractivity contribution in [3.63, 3.8) is 0 Å². The summed E-state index contributed by atoms with van der Waals surface area (Å²) >= 11 is 0. The molecule has 0 saturated heterocycles. The van der Waals surface area contributed by atoms with Crippen LogP contribution in [0.2, 0.25) is 18.1 Å². The van der Waals surface area contributed by atoms with E-state index in [0.717, 1.165) is 4.91 Å². The van der Waals surface area contributed by atoms with Gasteiger partial charge in [-0.2, -0.15) is 0 Å². The maximum Gasteiger partial charge on any atom is 0.194 e. The number of aromatic amines is 1. The van der Waals surface area contributed by atoms with Gasteiger partial charge in [-0.3, -0.25) is 4.79 Å². The zero-order valence-electron chi connectivity index (χ0n) is 14.8. The first-order valence-corrected chi connectivity index (χ1v) is 12.9. The molecule has 0 unspecified atom stereocenters. The molecular formula is C17H25NO3S2Si. The fourth-order valence-electron chi connectivity index (χ4n) is 1.62. The number of hydrogen-bond acceptors (Lipinski definition) is 5. The summed E-state index contributed by atoms with van der Waals surface area (Å²) in [5, 5.41) is 0.224. The molecule has 0 saturated carbocycles. The number of nitrogens with one attached hydrogen (secondary N) is 1. The summed E-state index contributed by atoms with van der Waals surface area (Å²) in [5.74, 6) is 0.491. The van der Waals surface area contributed by atoms with Crippen LogP contribution >= 0.6 is 21.6 Å². The van der Waals surface area contributed by atoms with Gasteiger partial charge in [0.1, 0.15) is 6.61 Å². The van der Waals surface area contributed by atoms with Crippen LogP contribution < -0.4 is 10.2 Å². The van der Waals surface area contributed by atoms with Crippen LogP contribution in [0.25, 0.3) is 0 Å². The summed E-state index contributed by atoms with van der Waals surface area (Å²) in [6, 6.07) is 2.92. The van der Waals surface area contributed by atoms with Gasteiger partial charge in [0.05, 0.1) is 6.61 Å². The zero-order chi connectivity index (χ0) is 17.8. The molecule has 1 aromatic rings. The Kier molecular flexibility index (Phi) is 6.47. The molecule has 1 N–H and O–H groups in total. The Morgan fingerprint density at radius 3 is 2.29 bits per heavy atom. The molecule has 0 bridgehead atoms. The highest BCUT2D eigenvalue weighted by Crippen LogP contribution is 2.42. The van der Waals surface area contributed by atoms with E-state index in [1.54, 1.807) is 27.8 Å². The first-order chi connectivity index (χ1) is 11.2. The Morgan fingerprint density at radius 1 is 1.12 bits per heavy atom. The molecule has 0 radical (unpaired) electrons. The highest BCUT2D eigenvalue weighted by Gasteiger charge is 2.37. The highest BCUT2D eigenvalue weighted by atomic mass is 33.1. The summed E-state index contributed by atoms with van der Waals surface area (Å²) in [7, 11) is 1.68. The summed E-state index contributed by atoms with van der Waals surface area (Å²) in [4.78, 5) is 16.5. The third kappa shape index (κ3) is 5.58. The first-order valence-electron chi connectivity index (χ1n) is 7.87. The van der Waals surface area contributed by atoms with Crippen molar-refractivity contribution in [3.8, 4) is 5.88 Å². The standard InChI is InChI=1S/C17H25NO3S2Si/c1-17(2,3)24(4,5)21-12-15-7-6-14(22-23-15)11-20-16-10-13(19)8-9-18-16/h6-10H,11-12H2,1-5H3,(H,18,19). The van der Waals surface area contributed by atoms with E-state index < -0.39 is 8.32 Å². The van der Waals surface area contributed by atoms with Crippen molar-refractivity contribution in [3.05, 3.63) is 50.5 Å². The van der Waals surface area contributed by atoms with E-state index in [9.17, 15) is 4.79 Å². The van der Waals surface area contributed by atoms with Gasteiger partial charge < -0.3 is 14.1 Å². The van der Waals surface area contributed by atoms with Crippen molar-refractivity contribution in [2.75, 3.05) is 13.2 Å². The monoisotopic (exact) mass is 383 g/mol. The van der Waals surface area contributed by atoms with E-state index in [-0.39, 0.29) is 10.5 Å². The van der Waals surface area contributed by atoms with Crippen molar-refractivity contribution in [1.82, 2.24) is 4.98 Å². The number of hydrogen-bond donors (Lipinski definition) is 1. The molecular weight excluding hydrogens is 358 g/mol. The molecule has 1 aromatic heterocycles. The Morgan fingerprint density at radius 2 is 1.75 bits per heavy atom. The number of ether oxygens (including phenoxy) is 1. The van der Waals surface area contributed by atoms with E-state index in [0.29, 0.717) is 19.1 Å². The molecule has 1 aliphatic heterocycles. The van der Waals surface area contributed by atoms with E-state index in [1.807, 2.05) is 0 Å². The molecule has 4 nitrogen and oxygen atoms in total. The zero-order valence-corrected chi connectivity index (χ0v) is 17.5. The van der Waals surface area contributed by atoms with Gasteiger partial charge in [0.2, 0.25) is 0 Å². The second-order valence-corrected chi connectivity index (χ2v) is 14.4. The second-order valence-electron chi connectivity index (χ2n) is 7.16. The Hall–Kier alpha value is -0.893. The van der Waals surface area contributed by atoms with Crippen molar-refractivity contribution >= 4 is 29.9 Å². The minimum absolute atomic E-state index is 0.0617. The predicted molar refractivity (Wildman–Crippen MR) is 107 cm³/mol. The van der Waals surface area contributed by atoms with Crippen LogP contribution in [0.5, 0.6) is 5.88 Å². The van der Waals surface area contributed by atoms with Gasteiger partial charge in [0, 0.05) is 28.1 Å². The number of rotatable bonds is 6. The molecule has 0 aromatic carbocycles. The van der Waals surface area contributed by atoms with Crippen LogP contribution in [-0.4, -0.2) is 26.5 Å². The van der Waals surface area contributed by atoms with Crippen LogP contribution in [-0.2, 0) is 4.43 Å². The SMILES string of the molecule is CC(C)(C)[Si](C)(C)OCC1=CC=C(COc2cc(=O)cc[nH]2)SS1. The number of H-pyrrole nitrogens is 1. The third-order valence-corrected chi connectivity index (χ3v) is 11.2. The highest BCUT2D eigenvalue weighted by molar-refractivity contribution is 8.79. The average Bonchev–Trinajstić information content (AvgIpc) is 2.51. The summed E-state index contributed by atoms with van der Waals surface area (Å²) in [6.45, 7) is 12.4. The van der Waals surface area contributed by atoms with Gasteiger partial charge >= 0.3 is 0 Å². The van der Waals surface area contributed by atoms with Crippen LogP contribution in [0.15, 0.2) is 45.1 Å². The normalized spacial score (nSPS) is 15.7. The van der Waals surface area contributed by atoms with Gasteiger partial charge in [-0.25, -0.2) is 0 Å². The van der Waals surface area contributed by atoms with Gasteiger partial charge in [-0.05, 0) is 30.3 Å². The molecule has 0 fully saturated rings. The van der Waals surface area contributed by atoms with E-state index >= 15 is 0 Å². The molecule has 0 aliphatic carbocycles. The van der Waals surface area contributed by atoms with E-state index in [4.69, 9.17) is 9.16 Å². The summed E-state index contributed by atoms with van der Waals surface area (Å²) < 4.78 is 11.9. The van der Waals surface area contributed by atoms with E-state index in [2.05, 4.69) is 51.0 Å². The lowest BCUT2D eigenvalue weighted by atomic mass is 10.2. The lowest BCUT2D eigenvalue weighted by Gasteiger charge is -2.36. The molecule has 7 heteroatoms. The van der Waals surface area contributed by atoms with Gasteiger partial charge in [-0.15, -0.1) is 0 Å². The van der Waals surface area contributed by atoms with Crippen LogP contribution in [0.4, 0.5) is 0 Å². The lowest BCUT2D eigenvalue weighted by Crippen LogP contribution is -2.41. The fourth-order valence-corrected chi connectivity index (χ4v) is 4.61. The minimum Gasteiger partial charge on any atom is -0.473 e. The van der Waals surface area contributed by atoms with Crippen molar-refractivity contribution in [2.45, 2.75) is 38.9 Å². The maximum absolute atomic E-state index is 11.3. The molecule has 1 aliphatic rings. The number of pyridine rings is 1. The molecule has 0 atom stereocenters. The number of aromatic nitrogens is 1. The smallest absolute Gasteiger partial charge is 0.194 e. The summed E-state index contributed by atoms with van der Waals surface area (Å²) in [6.07, 6.45) is 5.75. The lowest BCUT2D eigenvalue weighted by molar-refractivity contribution is 0.325. The van der Waals surface area contributed by atoms with Gasteiger partial charge in [-0.1, -0.05) is 42.4 Å². The molecule has 24 heavy (non-hydrogen) atoms. The fraction of sp³-hybridized carbons (Fsp3) is 0.471. The quantitative estimate of drug-likeness (QED) is 0.557. The minimum atomic E-state index is -1.71. The Bertz CT molecular complexity index is 690. The molecule has 0 spiro atoms. The maximum atomic E-state index is 11.3.